The van der Waals surface area contributed by atoms with Crippen LogP contribution in [0.1, 0.15) is 155 Å². The summed E-state index contributed by atoms with van der Waals surface area (Å²) >= 11 is 0. The minimum absolute atomic E-state index is 0.00893. The predicted molar refractivity (Wildman–Crippen MR) is 133 cm³/mol. The van der Waals surface area contributed by atoms with Crippen LogP contribution in [-0.2, 0) is 40.0 Å². The second kappa shape index (κ2) is 26.3. The van der Waals surface area contributed by atoms with Crippen molar-refractivity contribution in [3.63, 3.8) is 0 Å². The van der Waals surface area contributed by atoms with Crippen molar-refractivity contribution in [1.29, 1.82) is 0 Å². The maximum atomic E-state index is 5.02. The zero-order valence-corrected chi connectivity index (χ0v) is 22.5. The number of unbranched alkanes of at least 4 members (excludes halogenated alkanes) is 15. The van der Waals surface area contributed by atoms with Crippen molar-refractivity contribution in [2.75, 3.05) is 0 Å². The largest absolute Gasteiger partial charge is 0.311 e. The van der Waals surface area contributed by atoms with Crippen molar-refractivity contribution in [3.8, 4) is 0 Å². The zero-order valence-electron chi connectivity index (χ0n) is 22.5. The van der Waals surface area contributed by atoms with Crippen LogP contribution >= 0.6 is 0 Å². The Balaban J connectivity index is 1.76. The zero-order chi connectivity index (χ0) is 25.1. The molecule has 1 rings (SSSR count). The van der Waals surface area contributed by atoms with Crippen molar-refractivity contribution in [2.45, 2.75) is 161 Å². The third-order valence-corrected chi connectivity index (χ3v) is 6.61. The molecule has 1 aliphatic rings. The first kappa shape index (κ1) is 32.3. The van der Waals surface area contributed by atoms with Crippen LogP contribution in [0.5, 0.6) is 0 Å². The molecule has 8 heteroatoms. The molecule has 0 spiro atoms. The SMILES string of the molecule is CC=C(CCCCCCCCCCCCCCCCCC)OOOOOOOOC1CCCCC1. The minimum Gasteiger partial charge on any atom is -0.311 e. The molecule has 0 N–H and O–H groups in total. The average Bonchev–Trinajstić information content (AvgIpc) is 2.89. The van der Waals surface area contributed by atoms with Gasteiger partial charge in [0.15, 0.2) is 0 Å². The summed E-state index contributed by atoms with van der Waals surface area (Å²) in [6, 6.07) is 0. The first-order chi connectivity index (χ1) is 17.4. The molecule has 8 nitrogen and oxygen atoms in total. The summed E-state index contributed by atoms with van der Waals surface area (Å²) in [7, 11) is 0. The smallest absolute Gasteiger partial charge is 0.141 e. The van der Waals surface area contributed by atoms with Gasteiger partial charge in [0.05, 0.1) is 6.10 Å². The van der Waals surface area contributed by atoms with Gasteiger partial charge in [-0.25, -0.2) is 4.89 Å². The molecular formula is C27H52O8. The van der Waals surface area contributed by atoms with Crippen LogP contribution in [-0.4, -0.2) is 6.10 Å². The van der Waals surface area contributed by atoms with Crippen molar-refractivity contribution in [2.24, 2.45) is 0 Å². The highest BCUT2D eigenvalue weighted by molar-refractivity contribution is 4.88. The van der Waals surface area contributed by atoms with Gasteiger partial charge < -0.3 is 4.89 Å². The third-order valence-electron chi connectivity index (χ3n) is 6.61. The van der Waals surface area contributed by atoms with E-state index in [2.05, 4.69) is 37.2 Å². The monoisotopic (exact) mass is 504 g/mol. The molecular weight excluding hydrogens is 452 g/mol. The highest BCUT2D eigenvalue weighted by atomic mass is 17.9. The summed E-state index contributed by atoms with van der Waals surface area (Å²) < 4.78 is 0. The second-order valence-corrected chi connectivity index (χ2v) is 9.66. The Kier molecular flexibility index (Phi) is 24.3. The highest BCUT2D eigenvalue weighted by Gasteiger charge is 2.15. The van der Waals surface area contributed by atoms with E-state index in [0.717, 1.165) is 38.5 Å². The van der Waals surface area contributed by atoms with Crippen LogP contribution in [0.3, 0.4) is 0 Å². The van der Waals surface area contributed by atoms with E-state index in [-0.39, 0.29) is 6.10 Å². The van der Waals surface area contributed by atoms with E-state index >= 15 is 0 Å². The molecule has 0 atom stereocenters. The third kappa shape index (κ3) is 22.2. The molecule has 1 saturated carbocycles. The lowest BCUT2D eigenvalue weighted by atomic mass is 9.98. The normalized spacial score (nSPS) is 15.1. The molecule has 0 aromatic carbocycles. The average molecular weight is 505 g/mol. The fourth-order valence-corrected chi connectivity index (χ4v) is 4.42. The van der Waals surface area contributed by atoms with E-state index in [1.165, 1.54) is 103 Å². The van der Waals surface area contributed by atoms with Crippen LogP contribution < -0.4 is 0 Å². The van der Waals surface area contributed by atoms with E-state index in [0.29, 0.717) is 5.76 Å². The molecule has 208 valence electrons. The van der Waals surface area contributed by atoms with Gasteiger partial charge in [0.1, 0.15) is 5.76 Å². The van der Waals surface area contributed by atoms with E-state index < -0.39 is 0 Å². The number of allylic oxidation sites excluding steroid dienone is 2. The van der Waals surface area contributed by atoms with Gasteiger partial charge in [-0.3, -0.25) is 0 Å². The summed E-state index contributed by atoms with van der Waals surface area (Å²) in [5.41, 5.74) is 0. The molecule has 0 amide bonds. The fourth-order valence-electron chi connectivity index (χ4n) is 4.42. The Morgan fingerprint density at radius 1 is 0.571 bits per heavy atom. The summed E-state index contributed by atoms with van der Waals surface area (Å²) in [6.07, 6.45) is 29.5. The van der Waals surface area contributed by atoms with Gasteiger partial charge in [-0.15, -0.1) is 0 Å². The van der Waals surface area contributed by atoms with Gasteiger partial charge in [0, 0.05) is 21.5 Å². The van der Waals surface area contributed by atoms with Gasteiger partial charge in [0.2, 0.25) is 0 Å². The Morgan fingerprint density at radius 2 is 1.03 bits per heavy atom. The van der Waals surface area contributed by atoms with Crippen molar-refractivity contribution < 1.29 is 40.0 Å². The lowest BCUT2D eigenvalue weighted by molar-refractivity contribution is -0.813. The van der Waals surface area contributed by atoms with E-state index in [1.54, 1.807) is 0 Å². The molecule has 35 heavy (non-hydrogen) atoms. The van der Waals surface area contributed by atoms with Crippen molar-refractivity contribution in [1.82, 2.24) is 0 Å². The Hall–Kier alpha value is -0.740. The summed E-state index contributed by atoms with van der Waals surface area (Å²) in [5, 5.41) is 25.6. The maximum Gasteiger partial charge on any atom is 0.141 e. The van der Waals surface area contributed by atoms with Gasteiger partial charge in [-0.1, -0.05) is 122 Å². The molecule has 0 radical (unpaired) electrons. The van der Waals surface area contributed by atoms with Gasteiger partial charge >= 0.3 is 0 Å². The first-order valence-electron chi connectivity index (χ1n) is 14.3. The Morgan fingerprint density at radius 3 is 1.54 bits per heavy atom. The lowest BCUT2D eigenvalue weighted by Gasteiger charge is -2.18. The molecule has 1 fully saturated rings. The molecule has 0 unspecified atom stereocenters. The summed E-state index contributed by atoms with van der Waals surface area (Å²) in [4.78, 5) is 10.0. The second-order valence-electron chi connectivity index (χ2n) is 9.66. The van der Waals surface area contributed by atoms with E-state index in [1.807, 2.05) is 13.0 Å². The molecule has 0 heterocycles. The van der Waals surface area contributed by atoms with E-state index in [9.17, 15) is 0 Å². The van der Waals surface area contributed by atoms with Crippen molar-refractivity contribution >= 4 is 0 Å². The maximum absolute atomic E-state index is 5.02. The number of rotatable bonds is 26. The molecule has 0 bridgehead atoms. The molecule has 0 aromatic rings. The quantitative estimate of drug-likeness (QED) is 0.0499. The van der Waals surface area contributed by atoms with Crippen LogP contribution in [0.2, 0.25) is 0 Å². The van der Waals surface area contributed by atoms with Crippen LogP contribution in [0.15, 0.2) is 11.8 Å². The summed E-state index contributed by atoms with van der Waals surface area (Å²) in [6.45, 7) is 4.15. The van der Waals surface area contributed by atoms with E-state index in [4.69, 9.17) is 9.78 Å². The van der Waals surface area contributed by atoms with Gasteiger partial charge in [-0.05, 0) is 47.4 Å². The standard InChI is InChI=1S/C27H52O8/c1-3-5-6-7-8-9-10-11-12-13-14-15-16-17-18-20-23-26(4-2)28-30-32-34-35-33-31-29-27-24-21-19-22-25-27/h4,27H,3,5-25H2,1-2H3. The van der Waals surface area contributed by atoms with Crippen LogP contribution in [0.4, 0.5) is 0 Å². The van der Waals surface area contributed by atoms with Gasteiger partial charge in [-0.2, -0.15) is 0 Å². The summed E-state index contributed by atoms with van der Waals surface area (Å²) in [5.74, 6) is 0.664. The predicted octanol–water partition coefficient (Wildman–Crippen LogP) is 9.41. The molecule has 0 aromatic heterocycles. The highest BCUT2D eigenvalue weighted by Crippen LogP contribution is 2.20. The van der Waals surface area contributed by atoms with Crippen LogP contribution in [0.25, 0.3) is 0 Å². The lowest BCUT2D eigenvalue weighted by Crippen LogP contribution is -2.17. The molecule has 0 saturated heterocycles. The fraction of sp³-hybridized carbons (Fsp3) is 0.926. The topological polar surface area (TPSA) is 73.8 Å². The molecule has 0 aliphatic heterocycles. The Labute approximate surface area is 213 Å². The number of hydrogen-bond donors (Lipinski definition) is 0. The van der Waals surface area contributed by atoms with Crippen LogP contribution in [0, 0.1) is 0 Å². The first-order valence-corrected chi connectivity index (χ1v) is 14.3. The Bertz CT molecular complexity index is 454. The van der Waals surface area contributed by atoms with Gasteiger partial charge in [0.25, 0.3) is 0 Å². The molecule has 1 aliphatic carbocycles. The minimum atomic E-state index is 0.00893. The van der Waals surface area contributed by atoms with Crippen molar-refractivity contribution in [3.05, 3.63) is 11.8 Å². The number of hydrogen-bond acceptors (Lipinski definition) is 8.